The molecule has 1 fully saturated rings. The van der Waals surface area contributed by atoms with E-state index in [1.165, 1.54) is 5.56 Å². The fraction of sp³-hybridized carbons (Fsp3) is 0.350. The monoisotopic (exact) mass is 344 g/mol. The Bertz CT molecular complexity index is 674. The number of carbonyl (C=O) groups is 1. The zero-order valence-corrected chi connectivity index (χ0v) is 14.8. The minimum Gasteiger partial charge on any atom is -0.398 e. The molecule has 1 aliphatic rings. The summed E-state index contributed by atoms with van der Waals surface area (Å²) in [5, 5.41) is 0. The molecule has 1 aliphatic heterocycles. The van der Waals surface area contributed by atoms with E-state index in [-0.39, 0.29) is 18.3 Å². The van der Waals surface area contributed by atoms with Crippen molar-refractivity contribution in [3.8, 4) is 0 Å². The average Bonchev–Trinajstić information content (AvgIpc) is 2.61. The Hall–Kier alpha value is -2.00. The molecule has 0 aliphatic carbocycles. The Kier molecular flexibility index (Phi) is 6.27. The third kappa shape index (κ3) is 3.73. The molecule has 4 heteroatoms. The molecule has 3 rings (SSSR count). The van der Waals surface area contributed by atoms with Gasteiger partial charge in [0.05, 0.1) is 5.56 Å². The van der Waals surface area contributed by atoms with Crippen LogP contribution in [-0.4, -0.2) is 23.9 Å². The van der Waals surface area contributed by atoms with Gasteiger partial charge >= 0.3 is 0 Å². The summed E-state index contributed by atoms with van der Waals surface area (Å²) < 4.78 is 0. The van der Waals surface area contributed by atoms with Crippen molar-refractivity contribution in [2.24, 2.45) is 5.92 Å². The summed E-state index contributed by atoms with van der Waals surface area (Å²) in [4.78, 5) is 14.7. The van der Waals surface area contributed by atoms with Gasteiger partial charge in [0.1, 0.15) is 0 Å². The van der Waals surface area contributed by atoms with Gasteiger partial charge in [-0.2, -0.15) is 0 Å². The summed E-state index contributed by atoms with van der Waals surface area (Å²) in [6.45, 7) is 3.82. The van der Waals surface area contributed by atoms with Crippen LogP contribution in [0.4, 0.5) is 5.69 Å². The highest BCUT2D eigenvalue weighted by Crippen LogP contribution is 2.35. The molecule has 0 bridgehead atoms. The van der Waals surface area contributed by atoms with Crippen molar-refractivity contribution < 1.29 is 4.79 Å². The summed E-state index contributed by atoms with van der Waals surface area (Å²) >= 11 is 0. The van der Waals surface area contributed by atoms with E-state index in [4.69, 9.17) is 5.73 Å². The molecule has 3 nitrogen and oxygen atoms in total. The first-order valence-electron chi connectivity index (χ1n) is 8.39. The minimum absolute atomic E-state index is 0. The van der Waals surface area contributed by atoms with Gasteiger partial charge in [-0.3, -0.25) is 4.79 Å². The Morgan fingerprint density at radius 1 is 1.12 bits per heavy atom. The van der Waals surface area contributed by atoms with Crippen LogP contribution in [0.5, 0.6) is 0 Å². The second-order valence-electron chi connectivity index (χ2n) is 6.31. The lowest BCUT2D eigenvalue weighted by Gasteiger charge is -2.38. The topological polar surface area (TPSA) is 46.3 Å². The number of nitrogen functional groups attached to an aromatic ring is 1. The highest BCUT2D eigenvalue weighted by Gasteiger charge is 2.31. The highest BCUT2D eigenvalue weighted by molar-refractivity contribution is 5.99. The summed E-state index contributed by atoms with van der Waals surface area (Å²) in [5.74, 6) is 1.10. The summed E-state index contributed by atoms with van der Waals surface area (Å²) in [6, 6.07) is 18.0. The number of benzene rings is 2. The van der Waals surface area contributed by atoms with Crippen molar-refractivity contribution in [2.75, 3.05) is 18.8 Å². The van der Waals surface area contributed by atoms with E-state index in [1.807, 2.05) is 23.1 Å². The van der Waals surface area contributed by atoms with Crippen molar-refractivity contribution in [2.45, 2.75) is 25.7 Å². The van der Waals surface area contributed by atoms with Crippen LogP contribution < -0.4 is 5.73 Å². The van der Waals surface area contributed by atoms with Gasteiger partial charge in [0.2, 0.25) is 0 Å². The number of amides is 1. The zero-order chi connectivity index (χ0) is 16.2. The van der Waals surface area contributed by atoms with Gasteiger partial charge in [0.15, 0.2) is 0 Å². The normalized spacial score (nSPS) is 20.3. The molecule has 2 aromatic carbocycles. The van der Waals surface area contributed by atoms with E-state index in [9.17, 15) is 4.79 Å². The lowest BCUT2D eigenvalue weighted by molar-refractivity contribution is 0.0646. The number of piperidine rings is 1. The third-order valence-corrected chi connectivity index (χ3v) is 4.96. The largest absolute Gasteiger partial charge is 0.398 e. The number of anilines is 1. The molecule has 1 saturated heterocycles. The van der Waals surface area contributed by atoms with E-state index in [0.717, 1.165) is 25.9 Å². The lowest BCUT2D eigenvalue weighted by atomic mass is 9.79. The standard InChI is InChI=1S/C20H24N2O.ClH/c1-2-15-14-22(20(23)18-10-6-7-11-19(18)21)13-12-17(15)16-8-4-3-5-9-16;/h3-11,15,17H,2,12-14,21H2,1H3;1H. The highest BCUT2D eigenvalue weighted by atomic mass is 35.5. The van der Waals surface area contributed by atoms with Gasteiger partial charge in [-0.25, -0.2) is 0 Å². The molecule has 0 aromatic heterocycles. The predicted molar refractivity (Wildman–Crippen MR) is 102 cm³/mol. The number of nitrogens with two attached hydrogens (primary N) is 1. The van der Waals surface area contributed by atoms with E-state index in [0.29, 0.717) is 23.1 Å². The molecule has 0 radical (unpaired) electrons. The Morgan fingerprint density at radius 2 is 1.79 bits per heavy atom. The summed E-state index contributed by atoms with van der Waals surface area (Å²) in [6.07, 6.45) is 2.09. The number of rotatable bonds is 3. The van der Waals surface area contributed by atoms with Crippen LogP contribution >= 0.6 is 12.4 Å². The first-order chi connectivity index (χ1) is 11.2. The number of likely N-dealkylation sites (tertiary alicyclic amines) is 1. The quantitative estimate of drug-likeness (QED) is 0.841. The number of hydrogen-bond donors (Lipinski definition) is 1. The third-order valence-electron chi connectivity index (χ3n) is 4.96. The minimum atomic E-state index is 0. The van der Waals surface area contributed by atoms with E-state index in [1.54, 1.807) is 6.07 Å². The molecule has 24 heavy (non-hydrogen) atoms. The number of carbonyl (C=O) groups excluding carboxylic acids is 1. The number of halogens is 1. The fourth-order valence-electron chi connectivity index (χ4n) is 3.63. The van der Waals surface area contributed by atoms with Crippen molar-refractivity contribution in [1.29, 1.82) is 0 Å². The molecule has 0 saturated carbocycles. The maximum atomic E-state index is 12.8. The van der Waals surface area contributed by atoms with Crippen molar-refractivity contribution >= 4 is 24.0 Å². The van der Waals surface area contributed by atoms with Crippen LogP contribution in [-0.2, 0) is 0 Å². The first kappa shape index (κ1) is 18.3. The van der Waals surface area contributed by atoms with E-state index >= 15 is 0 Å². The Morgan fingerprint density at radius 3 is 2.46 bits per heavy atom. The van der Waals surface area contributed by atoms with Crippen LogP contribution in [0.25, 0.3) is 0 Å². The molecule has 0 spiro atoms. The van der Waals surface area contributed by atoms with Gasteiger partial charge in [-0.15, -0.1) is 12.4 Å². The second-order valence-corrected chi connectivity index (χ2v) is 6.31. The van der Waals surface area contributed by atoms with E-state index < -0.39 is 0 Å². The van der Waals surface area contributed by atoms with Crippen molar-refractivity contribution in [1.82, 2.24) is 4.90 Å². The van der Waals surface area contributed by atoms with Crippen LogP contribution in [0, 0.1) is 5.92 Å². The number of para-hydroxylation sites is 1. The molecule has 2 aromatic rings. The molecular weight excluding hydrogens is 320 g/mol. The number of hydrogen-bond acceptors (Lipinski definition) is 2. The summed E-state index contributed by atoms with van der Waals surface area (Å²) in [7, 11) is 0. The fourth-order valence-corrected chi connectivity index (χ4v) is 3.63. The van der Waals surface area contributed by atoms with Gasteiger partial charge < -0.3 is 10.6 Å². The molecule has 2 N–H and O–H groups in total. The van der Waals surface area contributed by atoms with E-state index in [2.05, 4.69) is 37.3 Å². The van der Waals surface area contributed by atoms with Crippen LogP contribution in [0.2, 0.25) is 0 Å². The Labute approximate surface area is 150 Å². The van der Waals surface area contributed by atoms with Crippen LogP contribution in [0.1, 0.15) is 41.6 Å². The molecule has 2 unspecified atom stereocenters. The number of nitrogens with zero attached hydrogens (tertiary/aromatic N) is 1. The summed E-state index contributed by atoms with van der Waals surface area (Å²) in [5.41, 5.74) is 8.55. The molecule has 2 atom stereocenters. The van der Waals surface area contributed by atoms with Gasteiger partial charge in [0, 0.05) is 18.8 Å². The lowest BCUT2D eigenvalue weighted by Crippen LogP contribution is -2.43. The average molecular weight is 345 g/mol. The van der Waals surface area contributed by atoms with Gasteiger partial charge in [0.25, 0.3) is 5.91 Å². The van der Waals surface area contributed by atoms with Crippen molar-refractivity contribution in [3.05, 3.63) is 65.7 Å². The van der Waals surface area contributed by atoms with Crippen molar-refractivity contribution in [3.63, 3.8) is 0 Å². The maximum absolute atomic E-state index is 12.8. The second kappa shape index (κ2) is 8.20. The van der Waals surface area contributed by atoms with Gasteiger partial charge in [-0.05, 0) is 36.0 Å². The molecule has 1 heterocycles. The first-order valence-corrected chi connectivity index (χ1v) is 8.39. The SMILES string of the molecule is CCC1CN(C(=O)c2ccccc2N)CCC1c1ccccc1.Cl. The molecular formula is C20H25ClN2O. The Balaban J connectivity index is 0.00000208. The van der Waals surface area contributed by atoms with Crippen LogP contribution in [0.15, 0.2) is 54.6 Å². The predicted octanol–water partition coefficient (Wildman–Crippen LogP) is 4.35. The molecule has 1 amide bonds. The van der Waals surface area contributed by atoms with Crippen LogP contribution in [0.3, 0.4) is 0 Å². The smallest absolute Gasteiger partial charge is 0.255 e. The van der Waals surface area contributed by atoms with Gasteiger partial charge in [-0.1, -0.05) is 55.8 Å². The maximum Gasteiger partial charge on any atom is 0.255 e. The zero-order valence-electron chi connectivity index (χ0n) is 14.0. The molecule has 128 valence electrons.